The third kappa shape index (κ3) is 2.10. The van der Waals surface area contributed by atoms with E-state index in [9.17, 15) is 0 Å². The van der Waals surface area contributed by atoms with Gasteiger partial charge < -0.3 is 15.6 Å². The molecule has 5 heteroatoms. The van der Waals surface area contributed by atoms with E-state index in [0.717, 1.165) is 42.3 Å². The Labute approximate surface area is 100 Å². The molecule has 17 heavy (non-hydrogen) atoms. The van der Waals surface area contributed by atoms with Crippen LogP contribution in [0.15, 0.2) is 12.1 Å². The van der Waals surface area contributed by atoms with Crippen molar-refractivity contribution < 1.29 is 0 Å². The van der Waals surface area contributed by atoms with Crippen LogP contribution >= 0.6 is 0 Å². The zero-order valence-electron chi connectivity index (χ0n) is 9.95. The highest BCUT2D eigenvalue weighted by Crippen LogP contribution is 2.17. The number of aromatic nitrogens is 3. The van der Waals surface area contributed by atoms with Crippen LogP contribution in [0, 0.1) is 5.92 Å². The summed E-state index contributed by atoms with van der Waals surface area (Å²) >= 11 is 0. The maximum Gasteiger partial charge on any atom is 0.179 e. The molecular formula is C12H17N5. The Balaban J connectivity index is 1.85. The van der Waals surface area contributed by atoms with Gasteiger partial charge in [-0.1, -0.05) is 0 Å². The van der Waals surface area contributed by atoms with E-state index in [1.54, 1.807) is 0 Å². The molecule has 0 aliphatic carbocycles. The first-order valence-corrected chi connectivity index (χ1v) is 6.09. The average molecular weight is 231 g/mol. The predicted molar refractivity (Wildman–Crippen MR) is 68.1 cm³/mol. The molecule has 2 aromatic rings. The van der Waals surface area contributed by atoms with Crippen LogP contribution in [-0.2, 0) is 6.42 Å². The van der Waals surface area contributed by atoms with Gasteiger partial charge in [0.25, 0.3) is 0 Å². The van der Waals surface area contributed by atoms with E-state index in [1.165, 1.54) is 6.42 Å². The number of rotatable bonds is 3. The summed E-state index contributed by atoms with van der Waals surface area (Å²) in [5, 5.41) is 6.40. The molecule has 1 aliphatic heterocycles. The van der Waals surface area contributed by atoms with Crippen molar-refractivity contribution in [3.8, 4) is 0 Å². The third-order valence-corrected chi connectivity index (χ3v) is 3.30. The van der Waals surface area contributed by atoms with E-state index in [2.05, 4.69) is 25.6 Å². The van der Waals surface area contributed by atoms with E-state index in [0.29, 0.717) is 5.92 Å². The largest absolute Gasteiger partial charge is 0.373 e. The maximum atomic E-state index is 4.55. The topological polar surface area (TPSA) is 65.6 Å². The van der Waals surface area contributed by atoms with Crippen LogP contribution in [0.1, 0.15) is 12.2 Å². The van der Waals surface area contributed by atoms with Crippen molar-refractivity contribution in [1.29, 1.82) is 0 Å². The molecule has 3 rings (SSSR count). The van der Waals surface area contributed by atoms with Gasteiger partial charge >= 0.3 is 0 Å². The second-order valence-corrected chi connectivity index (χ2v) is 4.56. The van der Waals surface area contributed by atoms with Gasteiger partial charge in [-0.25, -0.2) is 9.97 Å². The van der Waals surface area contributed by atoms with Crippen LogP contribution in [0.25, 0.3) is 11.2 Å². The number of anilines is 1. The van der Waals surface area contributed by atoms with Crippen LogP contribution in [0.4, 0.5) is 5.82 Å². The Morgan fingerprint density at radius 2 is 2.35 bits per heavy atom. The number of pyridine rings is 1. The van der Waals surface area contributed by atoms with Crippen LogP contribution in [-0.4, -0.2) is 35.1 Å². The van der Waals surface area contributed by atoms with Gasteiger partial charge in [-0.05, 0) is 37.6 Å². The first-order valence-electron chi connectivity index (χ1n) is 6.09. The Morgan fingerprint density at radius 3 is 3.12 bits per heavy atom. The first-order chi connectivity index (χ1) is 8.35. The highest BCUT2D eigenvalue weighted by Gasteiger charge is 2.16. The molecule has 0 bridgehead atoms. The Hall–Kier alpha value is -1.62. The van der Waals surface area contributed by atoms with Gasteiger partial charge in [-0.2, -0.15) is 0 Å². The summed E-state index contributed by atoms with van der Waals surface area (Å²) in [5.41, 5.74) is 1.82. The summed E-state index contributed by atoms with van der Waals surface area (Å²) in [4.78, 5) is 12.3. The summed E-state index contributed by atoms with van der Waals surface area (Å²) in [6, 6.07) is 3.99. The van der Waals surface area contributed by atoms with Crippen molar-refractivity contribution in [2.75, 3.05) is 25.5 Å². The van der Waals surface area contributed by atoms with Gasteiger partial charge in [-0.3, -0.25) is 0 Å². The molecular weight excluding hydrogens is 214 g/mol. The number of imidazole rings is 1. The fraction of sp³-hybridized carbons (Fsp3) is 0.500. The van der Waals surface area contributed by atoms with Gasteiger partial charge in [0.2, 0.25) is 0 Å². The molecule has 1 saturated heterocycles. The van der Waals surface area contributed by atoms with Crippen molar-refractivity contribution in [1.82, 2.24) is 20.3 Å². The molecule has 3 heterocycles. The van der Waals surface area contributed by atoms with Crippen LogP contribution in [0.2, 0.25) is 0 Å². The van der Waals surface area contributed by atoms with E-state index in [1.807, 2.05) is 19.2 Å². The molecule has 1 atom stereocenters. The smallest absolute Gasteiger partial charge is 0.179 e. The van der Waals surface area contributed by atoms with Gasteiger partial charge in [0.15, 0.2) is 5.65 Å². The minimum absolute atomic E-state index is 0.708. The second kappa shape index (κ2) is 4.33. The number of nitrogens with zero attached hydrogens (tertiary/aromatic N) is 2. The average Bonchev–Trinajstić information content (AvgIpc) is 2.96. The lowest BCUT2D eigenvalue weighted by atomic mass is 10.1. The van der Waals surface area contributed by atoms with E-state index in [-0.39, 0.29) is 0 Å². The van der Waals surface area contributed by atoms with Crippen molar-refractivity contribution >= 4 is 17.0 Å². The monoisotopic (exact) mass is 231 g/mol. The molecule has 2 aromatic heterocycles. The number of hydrogen-bond acceptors (Lipinski definition) is 4. The van der Waals surface area contributed by atoms with Gasteiger partial charge in [0, 0.05) is 13.5 Å². The zero-order valence-corrected chi connectivity index (χ0v) is 9.95. The fourth-order valence-corrected chi connectivity index (χ4v) is 2.34. The number of aromatic amines is 1. The standard InChI is InChI=1S/C12H17N5/c1-13-10-3-2-9-12(16-10)17-11(15-9)6-8-4-5-14-7-8/h2-3,8,14H,4-7H2,1H3,(H2,13,15,16,17). The SMILES string of the molecule is CNc1ccc2[nH]c(CC3CCNC3)nc2n1. The molecule has 0 spiro atoms. The van der Waals surface area contributed by atoms with E-state index < -0.39 is 0 Å². The fourth-order valence-electron chi connectivity index (χ4n) is 2.34. The minimum atomic E-state index is 0.708. The molecule has 1 fully saturated rings. The highest BCUT2D eigenvalue weighted by molar-refractivity contribution is 5.72. The van der Waals surface area contributed by atoms with Crippen molar-refractivity contribution in [3.05, 3.63) is 18.0 Å². The van der Waals surface area contributed by atoms with Crippen molar-refractivity contribution in [2.24, 2.45) is 5.92 Å². The molecule has 5 nitrogen and oxygen atoms in total. The number of fused-ring (bicyclic) bond motifs is 1. The Morgan fingerprint density at radius 1 is 1.41 bits per heavy atom. The predicted octanol–water partition coefficient (Wildman–Crippen LogP) is 1.15. The minimum Gasteiger partial charge on any atom is -0.373 e. The summed E-state index contributed by atoms with van der Waals surface area (Å²) in [5.74, 6) is 2.62. The normalized spacial score (nSPS) is 19.9. The lowest BCUT2D eigenvalue weighted by Gasteiger charge is -2.03. The summed E-state index contributed by atoms with van der Waals surface area (Å²) < 4.78 is 0. The lowest BCUT2D eigenvalue weighted by molar-refractivity contribution is 0.565. The molecule has 0 saturated carbocycles. The molecule has 0 radical (unpaired) electrons. The first kappa shape index (κ1) is 10.5. The van der Waals surface area contributed by atoms with Crippen LogP contribution < -0.4 is 10.6 Å². The maximum absolute atomic E-state index is 4.55. The zero-order chi connectivity index (χ0) is 11.7. The van der Waals surface area contributed by atoms with Crippen LogP contribution in [0.3, 0.4) is 0 Å². The molecule has 1 unspecified atom stereocenters. The van der Waals surface area contributed by atoms with E-state index >= 15 is 0 Å². The lowest BCUT2D eigenvalue weighted by Crippen LogP contribution is -2.11. The van der Waals surface area contributed by atoms with Gasteiger partial charge in [0.1, 0.15) is 11.6 Å². The number of nitrogens with one attached hydrogen (secondary N) is 3. The van der Waals surface area contributed by atoms with Gasteiger partial charge in [0.05, 0.1) is 5.52 Å². The number of hydrogen-bond donors (Lipinski definition) is 3. The van der Waals surface area contributed by atoms with E-state index in [4.69, 9.17) is 0 Å². The molecule has 1 aliphatic rings. The van der Waals surface area contributed by atoms with Crippen molar-refractivity contribution in [2.45, 2.75) is 12.8 Å². The number of H-pyrrole nitrogens is 1. The van der Waals surface area contributed by atoms with Crippen molar-refractivity contribution in [3.63, 3.8) is 0 Å². The summed E-state index contributed by atoms with van der Waals surface area (Å²) in [6.45, 7) is 2.24. The van der Waals surface area contributed by atoms with Gasteiger partial charge in [-0.15, -0.1) is 0 Å². The molecule has 0 aromatic carbocycles. The quantitative estimate of drug-likeness (QED) is 0.741. The summed E-state index contributed by atoms with van der Waals surface area (Å²) in [7, 11) is 1.87. The Kier molecular flexibility index (Phi) is 2.68. The summed E-state index contributed by atoms with van der Waals surface area (Å²) in [6.07, 6.45) is 2.25. The molecule has 0 amide bonds. The molecule has 3 N–H and O–H groups in total. The third-order valence-electron chi connectivity index (χ3n) is 3.30. The Bertz CT molecular complexity index is 513. The second-order valence-electron chi connectivity index (χ2n) is 4.56. The molecule has 90 valence electrons. The highest BCUT2D eigenvalue weighted by atomic mass is 15.0. The van der Waals surface area contributed by atoms with Crippen LogP contribution in [0.5, 0.6) is 0 Å².